The molecule has 3 N–H and O–H groups in total. The molecule has 0 spiro atoms. The van der Waals surface area contributed by atoms with E-state index in [0.717, 1.165) is 12.8 Å². The Hall–Kier alpha value is -1.28. The Bertz CT molecular complexity index is 508. The fourth-order valence-corrected chi connectivity index (χ4v) is 2.76. The molecule has 1 aliphatic rings. The molecule has 1 heterocycles. The zero-order chi connectivity index (χ0) is 17.7. The highest BCUT2D eigenvalue weighted by Gasteiger charge is 2.33. The van der Waals surface area contributed by atoms with E-state index < -0.39 is 29.9 Å². The molecule has 1 aromatic rings. The maximum atomic E-state index is 14.1. The molecule has 1 aliphatic heterocycles. The second kappa shape index (κ2) is 8.71. The monoisotopic (exact) mass is 345 g/mol. The predicted molar refractivity (Wildman–Crippen MR) is 84.9 cm³/mol. The van der Waals surface area contributed by atoms with Crippen molar-refractivity contribution in [2.45, 2.75) is 44.5 Å². The summed E-state index contributed by atoms with van der Waals surface area (Å²) in [5, 5.41) is 28.8. The van der Waals surface area contributed by atoms with E-state index in [2.05, 4.69) is 0 Å². The summed E-state index contributed by atoms with van der Waals surface area (Å²) in [6.07, 6.45) is -1.48. The minimum absolute atomic E-state index is 0.0482. The smallest absolute Gasteiger partial charge is 0.133 e. The van der Waals surface area contributed by atoms with Crippen LogP contribution in [0.25, 0.3) is 0 Å². The fourth-order valence-electron chi connectivity index (χ4n) is 2.76. The summed E-state index contributed by atoms with van der Waals surface area (Å²) < 4.78 is 33.5. The summed E-state index contributed by atoms with van der Waals surface area (Å²) >= 11 is 0. The van der Waals surface area contributed by atoms with Crippen molar-refractivity contribution in [2.24, 2.45) is 0 Å². The van der Waals surface area contributed by atoms with Crippen molar-refractivity contribution in [3.05, 3.63) is 29.3 Å². The summed E-state index contributed by atoms with van der Waals surface area (Å²) in [6.45, 7) is 2.99. The van der Waals surface area contributed by atoms with Gasteiger partial charge < -0.3 is 20.1 Å². The van der Waals surface area contributed by atoms with Crippen molar-refractivity contribution in [1.82, 2.24) is 4.90 Å². The van der Waals surface area contributed by atoms with Gasteiger partial charge in [-0.3, -0.25) is 4.90 Å². The van der Waals surface area contributed by atoms with E-state index in [9.17, 15) is 24.1 Å². The first kappa shape index (κ1) is 19.1. The number of aliphatic hydroxyl groups is 3. The molecular weight excluding hydrogens is 320 g/mol. The quantitative estimate of drug-likeness (QED) is 0.645. The molecule has 0 bridgehead atoms. The summed E-state index contributed by atoms with van der Waals surface area (Å²) in [5.41, 5.74) is -0.0482. The first-order valence-corrected chi connectivity index (χ1v) is 8.29. The van der Waals surface area contributed by atoms with Gasteiger partial charge in [-0.15, -0.1) is 0 Å². The van der Waals surface area contributed by atoms with Crippen molar-refractivity contribution < 1.29 is 28.8 Å². The van der Waals surface area contributed by atoms with Gasteiger partial charge >= 0.3 is 0 Å². The lowest BCUT2D eigenvalue weighted by molar-refractivity contribution is -0.109. The van der Waals surface area contributed by atoms with Crippen LogP contribution in [-0.2, 0) is 6.42 Å². The van der Waals surface area contributed by atoms with Gasteiger partial charge in [-0.1, -0.05) is 13.3 Å². The van der Waals surface area contributed by atoms with Crippen LogP contribution < -0.4 is 4.74 Å². The third kappa shape index (κ3) is 4.86. The Labute approximate surface area is 140 Å². The number of β-amino-alcohol motifs (C(OH)–C–C–N with tert-alkyl or cyclic N) is 2. The zero-order valence-electron chi connectivity index (χ0n) is 13.8. The Morgan fingerprint density at radius 3 is 2.25 bits per heavy atom. The van der Waals surface area contributed by atoms with Crippen molar-refractivity contribution in [3.63, 3.8) is 0 Å². The number of likely N-dealkylation sites (tertiary alicyclic amines) is 1. The molecule has 0 amide bonds. The topological polar surface area (TPSA) is 73.2 Å². The van der Waals surface area contributed by atoms with E-state index in [1.54, 1.807) is 4.90 Å². The predicted octanol–water partition coefficient (Wildman–Crippen LogP) is 1.08. The van der Waals surface area contributed by atoms with Crippen LogP contribution in [-0.4, -0.2) is 64.8 Å². The molecule has 0 saturated carbocycles. The lowest BCUT2D eigenvalue weighted by Gasteiger charge is -2.36. The van der Waals surface area contributed by atoms with E-state index in [-0.39, 0.29) is 37.4 Å². The molecule has 1 unspecified atom stereocenters. The van der Waals surface area contributed by atoms with Crippen LogP contribution >= 0.6 is 0 Å². The second-order valence-corrected chi connectivity index (χ2v) is 6.20. The van der Waals surface area contributed by atoms with Crippen LogP contribution in [0.5, 0.6) is 5.75 Å². The van der Waals surface area contributed by atoms with Gasteiger partial charge in [0.25, 0.3) is 0 Å². The van der Waals surface area contributed by atoms with E-state index in [4.69, 9.17) is 4.74 Å². The van der Waals surface area contributed by atoms with Crippen LogP contribution in [0.15, 0.2) is 12.1 Å². The molecule has 7 heteroatoms. The second-order valence-electron chi connectivity index (χ2n) is 6.20. The Morgan fingerprint density at radius 1 is 1.12 bits per heavy atom. The zero-order valence-corrected chi connectivity index (χ0v) is 13.8. The molecular formula is C17H25F2NO4. The average Bonchev–Trinajstić information content (AvgIpc) is 2.52. The number of nitrogens with zero attached hydrogens (tertiary/aromatic N) is 1. The third-order valence-corrected chi connectivity index (χ3v) is 4.24. The number of rotatable bonds is 7. The highest BCUT2D eigenvalue weighted by molar-refractivity contribution is 5.30. The number of hydrogen-bond acceptors (Lipinski definition) is 5. The van der Waals surface area contributed by atoms with Gasteiger partial charge in [-0.2, -0.15) is 0 Å². The highest BCUT2D eigenvalue weighted by Crippen LogP contribution is 2.22. The molecule has 0 aromatic heterocycles. The molecule has 24 heavy (non-hydrogen) atoms. The van der Waals surface area contributed by atoms with Gasteiger partial charge in [0.2, 0.25) is 0 Å². The minimum atomic E-state index is -1.19. The van der Waals surface area contributed by atoms with Crippen molar-refractivity contribution in [2.75, 3.05) is 26.2 Å². The molecule has 1 aromatic carbocycles. The van der Waals surface area contributed by atoms with E-state index in [1.165, 1.54) is 12.1 Å². The average molecular weight is 345 g/mol. The number of halogens is 2. The van der Waals surface area contributed by atoms with E-state index in [1.807, 2.05) is 6.92 Å². The molecule has 5 nitrogen and oxygen atoms in total. The molecule has 0 radical (unpaired) electrons. The Balaban J connectivity index is 1.95. The fraction of sp³-hybridized carbons (Fsp3) is 0.647. The maximum Gasteiger partial charge on any atom is 0.133 e. The summed E-state index contributed by atoms with van der Waals surface area (Å²) in [7, 11) is 0. The van der Waals surface area contributed by atoms with E-state index in [0.29, 0.717) is 6.61 Å². The number of hydrogen-bond donors (Lipinski definition) is 3. The standard InChI is InChI=1S/C17H25F2NO4/c1-2-3-6-24-11-7-13(18)12(14(19)8-11)4-5-20-9-15(21)17(23)16(22)10-20/h7-8,15-17,21-23H,2-6,9-10H2,1H3/t15-,16+,17?. The summed E-state index contributed by atoms with van der Waals surface area (Å²) in [6, 6.07) is 2.36. The lowest BCUT2D eigenvalue weighted by atomic mass is 10.0. The number of piperidine rings is 1. The normalized spacial score (nSPS) is 25.0. The minimum Gasteiger partial charge on any atom is -0.493 e. The van der Waals surface area contributed by atoms with Gasteiger partial charge in [-0.25, -0.2) is 8.78 Å². The van der Waals surface area contributed by atoms with Crippen molar-refractivity contribution in [1.29, 1.82) is 0 Å². The Morgan fingerprint density at radius 2 is 1.71 bits per heavy atom. The molecule has 1 fully saturated rings. The van der Waals surface area contributed by atoms with Gasteiger partial charge in [0.1, 0.15) is 23.5 Å². The van der Waals surface area contributed by atoms with Gasteiger partial charge in [-0.05, 0) is 12.8 Å². The molecule has 2 rings (SSSR count). The van der Waals surface area contributed by atoms with Gasteiger partial charge in [0, 0.05) is 37.3 Å². The first-order chi connectivity index (χ1) is 11.4. The largest absolute Gasteiger partial charge is 0.493 e. The number of unbranched alkanes of at least 4 members (excludes halogenated alkanes) is 1. The van der Waals surface area contributed by atoms with Crippen molar-refractivity contribution >= 4 is 0 Å². The van der Waals surface area contributed by atoms with Gasteiger partial charge in [0.15, 0.2) is 0 Å². The summed E-state index contributed by atoms with van der Waals surface area (Å²) in [5.74, 6) is -1.16. The highest BCUT2D eigenvalue weighted by atomic mass is 19.1. The number of aliphatic hydroxyl groups excluding tert-OH is 3. The molecule has 136 valence electrons. The van der Waals surface area contributed by atoms with Crippen LogP contribution in [0.4, 0.5) is 8.78 Å². The first-order valence-electron chi connectivity index (χ1n) is 8.29. The SMILES string of the molecule is CCCCOc1cc(F)c(CCN2C[C@@H](O)C(O)[C@@H](O)C2)c(F)c1. The van der Waals surface area contributed by atoms with E-state index >= 15 is 0 Å². The van der Waals surface area contributed by atoms with Gasteiger partial charge in [0.05, 0.1) is 18.8 Å². The summed E-state index contributed by atoms with van der Waals surface area (Å²) in [4.78, 5) is 1.67. The van der Waals surface area contributed by atoms with Crippen molar-refractivity contribution in [3.8, 4) is 5.75 Å². The van der Waals surface area contributed by atoms with Crippen LogP contribution in [0, 0.1) is 11.6 Å². The van der Waals surface area contributed by atoms with Crippen LogP contribution in [0.1, 0.15) is 25.3 Å². The molecule has 1 saturated heterocycles. The molecule has 0 aliphatic carbocycles. The Kier molecular flexibility index (Phi) is 6.91. The third-order valence-electron chi connectivity index (χ3n) is 4.24. The lowest BCUT2D eigenvalue weighted by Crippen LogP contribution is -2.55. The molecule has 3 atom stereocenters. The number of ether oxygens (including phenoxy) is 1. The number of benzene rings is 1. The van der Waals surface area contributed by atoms with Crippen LogP contribution in [0.3, 0.4) is 0 Å². The van der Waals surface area contributed by atoms with Crippen LogP contribution in [0.2, 0.25) is 0 Å². The maximum absolute atomic E-state index is 14.1.